The highest BCUT2D eigenvalue weighted by Gasteiger charge is 2.36. The van der Waals surface area contributed by atoms with Crippen LogP contribution in [-0.4, -0.2) is 66.5 Å². The van der Waals surface area contributed by atoms with Crippen molar-refractivity contribution in [1.82, 2.24) is 9.80 Å². The second-order valence-electron chi connectivity index (χ2n) is 7.93. The zero-order valence-corrected chi connectivity index (χ0v) is 18.0. The van der Waals surface area contributed by atoms with Gasteiger partial charge in [0.25, 0.3) is 5.91 Å². The number of fused-ring (bicyclic) bond motifs is 1. The minimum absolute atomic E-state index is 0.119. The number of alkyl halides is 3. The molecule has 4 rings (SSSR count). The van der Waals surface area contributed by atoms with E-state index in [-0.39, 0.29) is 18.2 Å². The summed E-state index contributed by atoms with van der Waals surface area (Å²) in [6.45, 7) is 3.32. The maximum absolute atomic E-state index is 13.2. The molecule has 2 amide bonds. The van der Waals surface area contributed by atoms with E-state index in [0.717, 1.165) is 6.07 Å². The third-order valence-corrected chi connectivity index (χ3v) is 5.83. The normalized spacial score (nSPS) is 19.6. The van der Waals surface area contributed by atoms with Crippen LogP contribution in [0, 0.1) is 0 Å². The van der Waals surface area contributed by atoms with Crippen molar-refractivity contribution < 1.29 is 32.2 Å². The van der Waals surface area contributed by atoms with E-state index in [1.165, 1.54) is 18.2 Å². The molecule has 1 fully saturated rings. The molecule has 0 aliphatic carbocycles. The van der Waals surface area contributed by atoms with Crippen LogP contribution >= 0.6 is 0 Å². The predicted octanol–water partition coefficient (Wildman–Crippen LogP) is 3.02. The summed E-state index contributed by atoms with van der Waals surface area (Å²) in [4.78, 5) is 29.0. The molecule has 0 unspecified atom stereocenters. The highest BCUT2D eigenvalue weighted by molar-refractivity contribution is 5.95. The zero-order valence-electron chi connectivity index (χ0n) is 18.0. The van der Waals surface area contributed by atoms with E-state index in [1.54, 1.807) is 30.0 Å². The topological polar surface area (TPSA) is 71.1 Å². The molecule has 0 bridgehead atoms. The van der Waals surface area contributed by atoms with Crippen molar-refractivity contribution >= 4 is 17.5 Å². The number of carbonyl (C=O) groups is 2. The smallest absolute Gasteiger partial charge is 0.418 e. The van der Waals surface area contributed by atoms with Crippen molar-refractivity contribution in [2.24, 2.45) is 0 Å². The Kier molecular flexibility index (Phi) is 6.46. The lowest BCUT2D eigenvalue weighted by Gasteiger charge is -2.39. The molecular formula is C23H24F3N3O4. The van der Waals surface area contributed by atoms with E-state index >= 15 is 0 Å². The number of hydrogen-bond acceptors (Lipinski definition) is 5. The van der Waals surface area contributed by atoms with Crippen LogP contribution in [-0.2, 0) is 15.8 Å². The fraction of sp³-hybridized carbons (Fsp3) is 0.391. The van der Waals surface area contributed by atoms with Gasteiger partial charge >= 0.3 is 6.18 Å². The monoisotopic (exact) mass is 463 g/mol. The molecule has 2 aromatic carbocycles. The van der Waals surface area contributed by atoms with Gasteiger partial charge in [-0.3, -0.25) is 14.5 Å². The van der Waals surface area contributed by atoms with Crippen LogP contribution in [0.2, 0.25) is 0 Å². The second kappa shape index (κ2) is 9.30. The number of anilines is 1. The van der Waals surface area contributed by atoms with E-state index in [1.807, 2.05) is 11.0 Å². The summed E-state index contributed by atoms with van der Waals surface area (Å²) < 4.78 is 51.0. The SMILES string of the molecule is C[C@@H](C(=O)Nc1ccccc1C(F)(F)F)N1CCN(C(=O)[C@@H]2COc3ccccc3O2)CC1. The quantitative estimate of drug-likeness (QED) is 0.755. The largest absolute Gasteiger partial charge is 0.485 e. The van der Waals surface area contributed by atoms with E-state index in [4.69, 9.17) is 9.47 Å². The van der Waals surface area contributed by atoms with Crippen LogP contribution < -0.4 is 14.8 Å². The molecule has 7 nitrogen and oxygen atoms in total. The number of piperazine rings is 1. The molecule has 1 saturated heterocycles. The molecule has 0 saturated carbocycles. The van der Waals surface area contributed by atoms with Crippen LogP contribution in [0.15, 0.2) is 48.5 Å². The number of rotatable bonds is 4. The van der Waals surface area contributed by atoms with Crippen molar-refractivity contribution in [3.8, 4) is 11.5 Å². The summed E-state index contributed by atoms with van der Waals surface area (Å²) in [7, 11) is 0. The van der Waals surface area contributed by atoms with Gasteiger partial charge in [0.05, 0.1) is 17.3 Å². The standard InChI is InChI=1S/C23H24F3N3O4/c1-15(21(30)27-17-7-3-2-6-16(17)23(24,25)26)28-10-12-29(13-11-28)22(31)20-14-32-18-8-4-5-9-19(18)33-20/h2-9,15,20H,10-14H2,1H3,(H,27,30)/t15-,20-/m0/s1. The number of nitrogens with zero attached hydrogens (tertiary/aromatic N) is 2. The van der Waals surface area contributed by atoms with Gasteiger partial charge in [-0.15, -0.1) is 0 Å². The van der Waals surface area contributed by atoms with Gasteiger partial charge in [0.2, 0.25) is 12.0 Å². The average molecular weight is 463 g/mol. The molecule has 0 aromatic heterocycles. The van der Waals surface area contributed by atoms with Gasteiger partial charge in [0.15, 0.2) is 11.5 Å². The lowest BCUT2D eigenvalue weighted by atomic mass is 10.1. The molecule has 1 N–H and O–H groups in total. The maximum Gasteiger partial charge on any atom is 0.418 e. The first kappa shape index (κ1) is 22.9. The number of hydrogen-bond donors (Lipinski definition) is 1. The molecular weight excluding hydrogens is 439 g/mol. The van der Waals surface area contributed by atoms with E-state index in [0.29, 0.717) is 37.7 Å². The van der Waals surface area contributed by atoms with Crippen LogP contribution in [0.3, 0.4) is 0 Å². The summed E-state index contributed by atoms with van der Waals surface area (Å²) in [6.07, 6.45) is -5.31. The van der Waals surface area contributed by atoms with Crippen LogP contribution in [0.1, 0.15) is 12.5 Å². The van der Waals surface area contributed by atoms with Crippen molar-refractivity contribution in [3.05, 3.63) is 54.1 Å². The molecule has 0 radical (unpaired) electrons. The molecule has 33 heavy (non-hydrogen) atoms. The first-order valence-electron chi connectivity index (χ1n) is 10.6. The fourth-order valence-electron chi connectivity index (χ4n) is 3.92. The Balaban J connectivity index is 1.32. The molecule has 2 aromatic rings. The number of halogens is 3. The molecule has 2 aliphatic heterocycles. The Bertz CT molecular complexity index is 1020. The predicted molar refractivity (Wildman–Crippen MR) is 114 cm³/mol. The third-order valence-electron chi connectivity index (χ3n) is 5.83. The first-order chi connectivity index (χ1) is 15.7. The van der Waals surface area contributed by atoms with Crippen LogP contribution in [0.25, 0.3) is 0 Å². The van der Waals surface area contributed by atoms with Gasteiger partial charge in [-0.2, -0.15) is 13.2 Å². The average Bonchev–Trinajstić information content (AvgIpc) is 2.82. The van der Waals surface area contributed by atoms with Gasteiger partial charge in [0.1, 0.15) is 6.61 Å². The summed E-state index contributed by atoms with van der Waals surface area (Å²) >= 11 is 0. The Morgan fingerprint density at radius 2 is 1.64 bits per heavy atom. The highest BCUT2D eigenvalue weighted by atomic mass is 19.4. The van der Waals surface area contributed by atoms with Crippen LogP contribution in [0.4, 0.5) is 18.9 Å². The van der Waals surface area contributed by atoms with Crippen molar-refractivity contribution in [2.45, 2.75) is 25.2 Å². The third kappa shape index (κ3) is 5.05. The van der Waals surface area contributed by atoms with Gasteiger partial charge < -0.3 is 19.7 Å². The van der Waals surface area contributed by atoms with Gasteiger partial charge in [-0.05, 0) is 31.2 Å². The van der Waals surface area contributed by atoms with Gasteiger partial charge in [-0.25, -0.2) is 0 Å². The number of ether oxygens (including phenoxy) is 2. The first-order valence-corrected chi connectivity index (χ1v) is 10.6. The highest BCUT2D eigenvalue weighted by Crippen LogP contribution is 2.35. The number of carbonyl (C=O) groups excluding carboxylic acids is 2. The maximum atomic E-state index is 13.2. The number of amides is 2. The molecule has 2 heterocycles. The lowest BCUT2D eigenvalue weighted by Crippen LogP contribution is -2.57. The Morgan fingerprint density at radius 3 is 2.33 bits per heavy atom. The van der Waals surface area contributed by atoms with Crippen molar-refractivity contribution in [2.75, 3.05) is 38.1 Å². The minimum atomic E-state index is -4.56. The number of nitrogens with one attached hydrogen (secondary N) is 1. The Hall–Kier alpha value is -3.27. The fourth-order valence-corrected chi connectivity index (χ4v) is 3.92. The molecule has 2 atom stereocenters. The molecule has 2 aliphatic rings. The van der Waals surface area contributed by atoms with Crippen molar-refractivity contribution in [1.29, 1.82) is 0 Å². The van der Waals surface area contributed by atoms with E-state index in [9.17, 15) is 22.8 Å². The number of para-hydroxylation sites is 3. The number of benzene rings is 2. The van der Waals surface area contributed by atoms with E-state index in [2.05, 4.69) is 5.32 Å². The molecule has 10 heteroatoms. The summed E-state index contributed by atoms with van der Waals surface area (Å²) in [5.41, 5.74) is -1.16. The summed E-state index contributed by atoms with van der Waals surface area (Å²) in [5.74, 6) is 0.385. The van der Waals surface area contributed by atoms with E-state index < -0.39 is 29.8 Å². The summed E-state index contributed by atoms with van der Waals surface area (Å²) in [6, 6.07) is 11.3. The Labute approximate surface area is 189 Å². The summed E-state index contributed by atoms with van der Waals surface area (Å²) in [5, 5.41) is 2.39. The van der Waals surface area contributed by atoms with Crippen molar-refractivity contribution in [3.63, 3.8) is 0 Å². The molecule has 176 valence electrons. The zero-order chi connectivity index (χ0) is 23.6. The lowest BCUT2D eigenvalue weighted by molar-refractivity contribution is -0.143. The van der Waals surface area contributed by atoms with Gasteiger partial charge in [0, 0.05) is 26.2 Å². The second-order valence-corrected chi connectivity index (χ2v) is 7.93. The minimum Gasteiger partial charge on any atom is -0.485 e. The molecule has 0 spiro atoms. The van der Waals surface area contributed by atoms with Crippen LogP contribution in [0.5, 0.6) is 11.5 Å². The van der Waals surface area contributed by atoms with Gasteiger partial charge in [-0.1, -0.05) is 24.3 Å². The Morgan fingerprint density at radius 1 is 1.00 bits per heavy atom.